The van der Waals surface area contributed by atoms with Gasteiger partial charge in [0.15, 0.2) is 0 Å². The van der Waals surface area contributed by atoms with Gasteiger partial charge in [0.1, 0.15) is 0 Å². The predicted octanol–water partition coefficient (Wildman–Crippen LogP) is 1.56. The number of carbonyl (C=O) groups excluding carboxylic acids is 1. The number of nitrogens with two attached hydrogens (primary N) is 1. The number of ether oxygens (including phenoxy) is 1. The van der Waals surface area contributed by atoms with Gasteiger partial charge in [0.2, 0.25) is 5.91 Å². The monoisotopic (exact) mass is 264 g/mol. The lowest BCUT2D eigenvalue weighted by Gasteiger charge is -2.41. The van der Waals surface area contributed by atoms with Crippen LogP contribution in [0.2, 0.25) is 0 Å². The van der Waals surface area contributed by atoms with Crippen LogP contribution in [0.5, 0.6) is 0 Å². The molecule has 1 saturated heterocycles. The highest BCUT2D eigenvalue weighted by Crippen LogP contribution is 2.20. The Labute approximate surface area is 110 Å². The van der Waals surface area contributed by atoms with E-state index in [2.05, 4.69) is 0 Å². The average molecular weight is 265 g/mol. The molecule has 2 N–H and O–H groups in total. The third-order valence-electron chi connectivity index (χ3n) is 2.97. The maximum absolute atomic E-state index is 12.2. The lowest BCUT2D eigenvalue weighted by atomic mass is 9.94. The molecule has 1 aliphatic heterocycles. The Bertz CT molecular complexity index is 267. The zero-order valence-corrected chi connectivity index (χ0v) is 12.1. The predicted molar refractivity (Wildman–Crippen MR) is 71.4 cm³/mol. The van der Waals surface area contributed by atoms with Crippen LogP contribution in [0.15, 0.2) is 0 Å². The Balaban J connectivity index is 0.00000256. The van der Waals surface area contributed by atoms with E-state index in [-0.39, 0.29) is 23.9 Å². The molecule has 0 spiro atoms. The van der Waals surface area contributed by atoms with Gasteiger partial charge in [-0.3, -0.25) is 4.79 Å². The molecule has 1 aliphatic rings. The van der Waals surface area contributed by atoms with Crippen molar-refractivity contribution in [2.75, 3.05) is 19.7 Å². The summed E-state index contributed by atoms with van der Waals surface area (Å²) in [7, 11) is 0. The molecule has 0 bridgehead atoms. The van der Waals surface area contributed by atoms with Gasteiger partial charge < -0.3 is 15.4 Å². The summed E-state index contributed by atoms with van der Waals surface area (Å²) in [5, 5.41) is 0. The number of amides is 1. The topological polar surface area (TPSA) is 55.6 Å². The molecule has 1 amide bonds. The molecule has 102 valence electrons. The fourth-order valence-corrected chi connectivity index (χ4v) is 2.18. The molecule has 0 aromatic heterocycles. The second-order valence-electron chi connectivity index (χ2n) is 5.50. The van der Waals surface area contributed by atoms with Gasteiger partial charge in [-0.2, -0.15) is 0 Å². The Hall–Kier alpha value is -0.320. The van der Waals surface area contributed by atoms with Crippen molar-refractivity contribution in [3.8, 4) is 0 Å². The summed E-state index contributed by atoms with van der Waals surface area (Å²) in [5.74, 6) is 0.0470. The van der Waals surface area contributed by atoms with Crippen molar-refractivity contribution < 1.29 is 9.53 Å². The van der Waals surface area contributed by atoms with Crippen LogP contribution in [0.3, 0.4) is 0 Å². The Kier molecular flexibility index (Phi) is 5.91. The molecule has 0 radical (unpaired) electrons. The van der Waals surface area contributed by atoms with Crippen molar-refractivity contribution >= 4 is 18.3 Å². The van der Waals surface area contributed by atoms with Crippen molar-refractivity contribution in [3.05, 3.63) is 0 Å². The maximum Gasteiger partial charge on any atom is 0.242 e. The van der Waals surface area contributed by atoms with E-state index in [1.807, 2.05) is 32.6 Å². The van der Waals surface area contributed by atoms with E-state index in [0.29, 0.717) is 19.7 Å². The SMILES string of the molecule is CCCC(C)(N)C(=O)N1CCOC(C)(C)C1.Cl. The minimum Gasteiger partial charge on any atom is -0.372 e. The molecule has 0 aromatic carbocycles. The summed E-state index contributed by atoms with van der Waals surface area (Å²) in [5.41, 5.74) is 5.07. The van der Waals surface area contributed by atoms with Crippen LogP contribution in [0, 0.1) is 0 Å². The van der Waals surface area contributed by atoms with E-state index in [1.165, 1.54) is 0 Å². The van der Waals surface area contributed by atoms with Gasteiger partial charge in [-0.25, -0.2) is 0 Å². The third kappa shape index (κ3) is 4.45. The molecule has 0 saturated carbocycles. The smallest absolute Gasteiger partial charge is 0.242 e. The zero-order valence-electron chi connectivity index (χ0n) is 11.3. The first-order valence-corrected chi connectivity index (χ1v) is 6.01. The molecule has 17 heavy (non-hydrogen) atoms. The fraction of sp³-hybridized carbons (Fsp3) is 0.917. The molecular weight excluding hydrogens is 240 g/mol. The van der Waals surface area contributed by atoms with Crippen LogP contribution in [-0.4, -0.2) is 41.6 Å². The highest BCUT2D eigenvalue weighted by Gasteiger charge is 2.36. The van der Waals surface area contributed by atoms with Crippen LogP contribution in [0.25, 0.3) is 0 Å². The lowest BCUT2D eigenvalue weighted by molar-refractivity contribution is -0.151. The number of rotatable bonds is 3. The molecule has 1 fully saturated rings. The summed E-state index contributed by atoms with van der Waals surface area (Å²) in [6.07, 6.45) is 1.65. The first-order chi connectivity index (χ1) is 7.28. The van der Waals surface area contributed by atoms with Gasteiger partial charge in [-0.1, -0.05) is 13.3 Å². The molecule has 1 unspecified atom stereocenters. The number of hydrogen-bond donors (Lipinski definition) is 1. The van der Waals surface area contributed by atoms with Gasteiger partial charge in [-0.05, 0) is 27.2 Å². The molecular formula is C12H25ClN2O2. The second-order valence-corrected chi connectivity index (χ2v) is 5.50. The molecule has 0 aliphatic carbocycles. The Morgan fingerprint density at radius 1 is 1.53 bits per heavy atom. The molecule has 5 heteroatoms. The largest absolute Gasteiger partial charge is 0.372 e. The van der Waals surface area contributed by atoms with E-state index in [1.54, 1.807) is 0 Å². The van der Waals surface area contributed by atoms with Crippen molar-refractivity contribution in [2.45, 2.75) is 51.7 Å². The molecule has 0 aromatic rings. The summed E-state index contributed by atoms with van der Waals surface area (Å²) in [6.45, 7) is 9.74. The quantitative estimate of drug-likeness (QED) is 0.842. The van der Waals surface area contributed by atoms with Crippen LogP contribution in [-0.2, 0) is 9.53 Å². The van der Waals surface area contributed by atoms with E-state index >= 15 is 0 Å². The summed E-state index contributed by atoms with van der Waals surface area (Å²) < 4.78 is 5.58. The van der Waals surface area contributed by atoms with Gasteiger partial charge in [-0.15, -0.1) is 12.4 Å². The maximum atomic E-state index is 12.2. The van der Waals surface area contributed by atoms with E-state index in [0.717, 1.165) is 12.8 Å². The van der Waals surface area contributed by atoms with E-state index in [9.17, 15) is 4.79 Å². The van der Waals surface area contributed by atoms with E-state index in [4.69, 9.17) is 10.5 Å². The van der Waals surface area contributed by atoms with Crippen LogP contribution in [0.4, 0.5) is 0 Å². The van der Waals surface area contributed by atoms with Crippen molar-refractivity contribution in [3.63, 3.8) is 0 Å². The van der Waals surface area contributed by atoms with E-state index < -0.39 is 5.54 Å². The first kappa shape index (κ1) is 16.7. The normalized spacial score (nSPS) is 22.5. The number of halogens is 1. The van der Waals surface area contributed by atoms with Gasteiger partial charge in [0.05, 0.1) is 17.7 Å². The third-order valence-corrected chi connectivity index (χ3v) is 2.97. The minimum atomic E-state index is -0.734. The highest BCUT2D eigenvalue weighted by atomic mass is 35.5. The molecule has 1 atom stereocenters. The highest BCUT2D eigenvalue weighted by molar-refractivity contribution is 5.86. The molecule has 1 rings (SSSR count). The number of nitrogens with zero attached hydrogens (tertiary/aromatic N) is 1. The number of carbonyl (C=O) groups is 1. The van der Waals surface area contributed by atoms with Gasteiger partial charge in [0, 0.05) is 13.1 Å². The van der Waals surface area contributed by atoms with Crippen LogP contribution >= 0.6 is 12.4 Å². The zero-order chi connectivity index (χ0) is 12.4. The van der Waals surface area contributed by atoms with Crippen LogP contribution < -0.4 is 5.73 Å². The Morgan fingerprint density at radius 3 is 2.59 bits per heavy atom. The first-order valence-electron chi connectivity index (χ1n) is 6.01. The van der Waals surface area contributed by atoms with Gasteiger partial charge >= 0.3 is 0 Å². The lowest BCUT2D eigenvalue weighted by Crippen LogP contribution is -2.59. The standard InChI is InChI=1S/C12H24N2O2.ClH/c1-5-6-12(4,13)10(15)14-7-8-16-11(2,3)9-14;/h5-9,13H2,1-4H3;1H. The van der Waals surface area contributed by atoms with Crippen molar-refractivity contribution in [1.29, 1.82) is 0 Å². The summed E-state index contributed by atoms with van der Waals surface area (Å²) >= 11 is 0. The van der Waals surface area contributed by atoms with Crippen molar-refractivity contribution in [1.82, 2.24) is 4.90 Å². The average Bonchev–Trinajstić information content (AvgIpc) is 2.15. The number of hydrogen-bond acceptors (Lipinski definition) is 3. The van der Waals surface area contributed by atoms with Crippen molar-refractivity contribution in [2.24, 2.45) is 5.73 Å². The fourth-order valence-electron chi connectivity index (χ4n) is 2.18. The van der Waals surface area contributed by atoms with Crippen LogP contribution in [0.1, 0.15) is 40.5 Å². The Morgan fingerprint density at radius 2 is 2.12 bits per heavy atom. The number of morpholine rings is 1. The second kappa shape index (κ2) is 6.03. The molecule has 4 nitrogen and oxygen atoms in total. The van der Waals surface area contributed by atoms with Gasteiger partial charge in [0.25, 0.3) is 0 Å². The summed E-state index contributed by atoms with van der Waals surface area (Å²) in [4.78, 5) is 14.1. The molecule has 1 heterocycles. The summed E-state index contributed by atoms with van der Waals surface area (Å²) in [6, 6.07) is 0. The minimum absolute atomic E-state index is 0.